The second-order valence-corrected chi connectivity index (χ2v) is 4.85. The Morgan fingerprint density at radius 1 is 1.09 bits per heavy atom. The number of carbonyl (C=O) groups excluding carboxylic acids is 1. The summed E-state index contributed by atoms with van der Waals surface area (Å²) in [6, 6.07) is 16.8. The van der Waals surface area contributed by atoms with E-state index in [0.29, 0.717) is 11.3 Å². The van der Waals surface area contributed by atoms with Gasteiger partial charge in [0.05, 0.1) is 12.7 Å². The highest BCUT2D eigenvalue weighted by molar-refractivity contribution is 5.89. The number of para-hydroxylation sites is 1. The molecule has 0 heterocycles. The zero-order valence-corrected chi connectivity index (χ0v) is 13.2. The molecular weight excluding hydrogens is 278 g/mol. The van der Waals surface area contributed by atoms with Crippen LogP contribution in [0.3, 0.4) is 0 Å². The van der Waals surface area contributed by atoms with E-state index < -0.39 is 0 Å². The highest BCUT2D eigenvalue weighted by atomic mass is 16.6. The third kappa shape index (κ3) is 3.79. The predicted molar refractivity (Wildman–Crippen MR) is 87.3 cm³/mol. The largest absolute Gasteiger partial charge is 0.497 e. The number of hydrogen-bond donors (Lipinski definition) is 0. The van der Waals surface area contributed by atoms with E-state index >= 15 is 0 Å². The van der Waals surface area contributed by atoms with Gasteiger partial charge in [0, 0.05) is 12.2 Å². The molecule has 0 aliphatic heterocycles. The first-order valence-electron chi connectivity index (χ1n) is 7.32. The van der Waals surface area contributed by atoms with Crippen LogP contribution in [0, 0.1) is 0 Å². The number of nitrogens with zero attached hydrogens (tertiary/aromatic N) is 1. The predicted octanol–water partition coefficient (Wildman–Crippen LogP) is 3.72. The van der Waals surface area contributed by atoms with Crippen LogP contribution in [-0.2, 0) is 4.74 Å². The van der Waals surface area contributed by atoms with Crippen LogP contribution in [0.4, 0.5) is 5.69 Å². The van der Waals surface area contributed by atoms with Crippen molar-refractivity contribution in [3.05, 3.63) is 60.2 Å². The number of carbonyl (C=O) groups is 1. The van der Waals surface area contributed by atoms with Gasteiger partial charge in [0.15, 0.2) is 6.23 Å². The molecule has 0 bridgehead atoms. The average molecular weight is 299 g/mol. The lowest BCUT2D eigenvalue weighted by Crippen LogP contribution is -2.36. The van der Waals surface area contributed by atoms with Crippen LogP contribution < -0.4 is 9.64 Å². The Kier molecular flexibility index (Phi) is 5.42. The normalized spacial score (nSPS) is 11.6. The fraction of sp³-hybridized carbons (Fsp3) is 0.278. The number of rotatable bonds is 6. The summed E-state index contributed by atoms with van der Waals surface area (Å²) < 4.78 is 10.6. The summed E-state index contributed by atoms with van der Waals surface area (Å²) in [4.78, 5) is 14.2. The van der Waals surface area contributed by atoms with Gasteiger partial charge in [-0.25, -0.2) is 4.79 Å². The fourth-order valence-corrected chi connectivity index (χ4v) is 2.28. The zero-order valence-electron chi connectivity index (χ0n) is 13.2. The van der Waals surface area contributed by atoms with Crippen LogP contribution in [-0.4, -0.2) is 25.9 Å². The van der Waals surface area contributed by atoms with Gasteiger partial charge in [-0.3, -0.25) is 0 Å². The molecule has 2 aromatic carbocycles. The van der Waals surface area contributed by atoms with E-state index in [4.69, 9.17) is 9.47 Å². The molecule has 0 aliphatic carbocycles. The van der Waals surface area contributed by atoms with Crippen molar-refractivity contribution in [1.29, 1.82) is 0 Å². The standard InChI is InChI=1S/C18H21NO3/c1-4-19(16-8-6-5-7-9-16)14(2)22-18(20)15-10-12-17(21-3)13-11-15/h5-14H,4H2,1-3H3. The molecule has 4 heteroatoms. The summed E-state index contributed by atoms with van der Waals surface area (Å²) in [6.07, 6.45) is -0.345. The van der Waals surface area contributed by atoms with E-state index in [9.17, 15) is 4.79 Å². The van der Waals surface area contributed by atoms with Crippen LogP contribution in [0.1, 0.15) is 24.2 Å². The van der Waals surface area contributed by atoms with Gasteiger partial charge < -0.3 is 14.4 Å². The molecule has 0 saturated heterocycles. The Morgan fingerprint density at radius 2 is 1.73 bits per heavy atom. The molecule has 0 saturated carbocycles. The number of hydrogen-bond acceptors (Lipinski definition) is 4. The first kappa shape index (κ1) is 15.9. The number of anilines is 1. The Morgan fingerprint density at radius 3 is 2.27 bits per heavy atom. The number of methoxy groups -OCH3 is 1. The third-order valence-electron chi connectivity index (χ3n) is 3.47. The lowest BCUT2D eigenvalue weighted by atomic mass is 10.2. The quantitative estimate of drug-likeness (QED) is 0.602. The van der Waals surface area contributed by atoms with Crippen LogP contribution >= 0.6 is 0 Å². The molecular formula is C18H21NO3. The molecule has 0 N–H and O–H groups in total. The second kappa shape index (κ2) is 7.50. The molecule has 22 heavy (non-hydrogen) atoms. The zero-order chi connectivity index (χ0) is 15.9. The number of ether oxygens (including phenoxy) is 2. The maximum atomic E-state index is 12.2. The monoisotopic (exact) mass is 299 g/mol. The molecule has 116 valence electrons. The molecule has 1 unspecified atom stereocenters. The Labute approximate surface area is 131 Å². The number of esters is 1. The van der Waals surface area contributed by atoms with E-state index in [2.05, 4.69) is 0 Å². The van der Waals surface area contributed by atoms with Crippen LogP contribution in [0.15, 0.2) is 54.6 Å². The molecule has 0 amide bonds. The SMILES string of the molecule is CCN(c1ccccc1)C(C)OC(=O)c1ccc(OC)cc1. The highest BCUT2D eigenvalue weighted by Gasteiger charge is 2.18. The molecule has 1 atom stereocenters. The van der Waals surface area contributed by atoms with E-state index in [1.54, 1.807) is 31.4 Å². The summed E-state index contributed by atoms with van der Waals surface area (Å²) in [5, 5.41) is 0. The van der Waals surface area contributed by atoms with Gasteiger partial charge in [0.25, 0.3) is 0 Å². The van der Waals surface area contributed by atoms with Gasteiger partial charge in [0.2, 0.25) is 0 Å². The smallest absolute Gasteiger partial charge is 0.340 e. The molecule has 2 aromatic rings. The second-order valence-electron chi connectivity index (χ2n) is 4.85. The average Bonchev–Trinajstić information content (AvgIpc) is 2.56. The summed E-state index contributed by atoms with van der Waals surface area (Å²) in [5.41, 5.74) is 1.54. The van der Waals surface area contributed by atoms with E-state index in [1.807, 2.05) is 49.1 Å². The molecule has 0 radical (unpaired) electrons. The van der Waals surface area contributed by atoms with Crippen molar-refractivity contribution in [2.45, 2.75) is 20.1 Å². The number of benzene rings is 2. The maximum absolute atomic E-state index is 12.2. The van der Waals surface area contributed by atoms with Crippen molar-refractivity contribution in [2.75, 3.05) is 18.6 Å². The summed E-state index contributed by atoms with van der Waals surface area (Å²) in [6.45, 7) is 4.66. The van der Waals surface area contributed by atoms with E-state index in [-0.39, 0.29) is 12.2 Å². The first-order valence-corrected chi connectivity index (χ1v) is 7.32. The van der Waals surface area contributed by atoms with Crippen LogP contribution in [0.25, 0.3) is 0 Å². The van der Waals surface area contributed by atoms with Gasteiger partial charge in [0.1, 0.15) is 5.75 Å². The van der Waals surface area contributed by atoms with Crippen molar-refractivity contribution in [2.24, 2.45) is 0 Å². The highest BCUT2D eigenvalue weighted by Crippen LogP contribution is 2.18. The molecule has 4 nitrogen and oxygen atoms in total. The fourth-order valence-electron chi connectivity index (χ4n) is 2.28. The van der Waals surface area contributed by atoms with Crippen molar-refractivity contribution >= 4 is 11.7 Å². The summed E-state index contributed by atoms with van der Waals surface area (Å²) in [7, 11) is 1.59. The Balaban J connectivity index is 2.06. The Hall–Kier alpha value is -2.49. The minimum absolute atomic E-state index is 0.343. The van der Waals surface area contributed by atoms with E-state index in [0.717, 1.165) is 12.2 Å². The Bertz CT molecular complexity index is 595. The molecule has 0 fully saturated rings. The van der Waals surface area contributed by atoms with Gasteiger partial charge >= 0.3 is 5.97 Å². The van der Waals surface area contributed by atoms with Gasteiger partial charge in [-0.05, 0) is 50.2 Å². The summed E-state index contributed by atoms with van der Waals surface area (Å²) in [5.74, 6) is 0.369. The molecule has 0 spiro atoms. The molecule has 0 aliphatic rings. The van der Waals surface area contributed by atoms with Gasteiger partial charge in [-0.1, -0.05) is 18.2 Å². The minimum Gasteiger partial charge on any atom is -0.497 e. The summed E-state index contributed by atoms with van der Waals surface area (Å²) >= 11 is 0. The first-order chi connectivity index (χ1) is 10.7. The van der Waals surface area contributed by atoms with Gasteiger partial charge in [-0.2, -0.15) is 0 Å². The lowest BCUT2D eigenvalue weighted by molar-refractivity contribution is 0.0336. The molecule has 0 aromatic heterocycles. The van der Waals surface area contributed by atoms with Crippen molar-refractivity contribution < 1.29 is 14.3 Å². The minimum atomic E-state index is -0.345. The van der Waals surface area contributed by atoms with Crippen molar-refractivity contribution in [1.82, 2.24) is 0 Å². The van der Waals surface area contributed by atoms with Crippen molar-refractivity contribution in [3.63, 3.8) is 0 Å². The third-order valence-corrected chi connectivity index (χ3v) is 3.47. The maximum Gasteiger partial charge on any atom is 0.340 e. The molecule has 2 rings (SSSR count). The topological polar surface area (TPSA) is 38.8 Å². The van der Waals surface area contributed by atoms with Crippen LogP contribution in [0.2, 0.25) is 0 Å². The van der Waals surface area contributed by atoms with E-state index in [1.165, 1.54) is 0 Å². The van der Waals surface area contributed by atoms with Crippen LogP contribution in [0.5, 0.6) is 5.75 Å². The van der Waals surface area contributed by atoms with Gasteiger partial charge in [-0.15, -0.1) is 0 Å². The van der Waals surface area contributed by atoms with Crippen molar-refractivity contribution in [3.8, 4) is 5.75 Å². The lowest BCUT2D eigenvalue weighted by Gasteiger charge is -2.29.